The molecule has 35 heavy (non-hydrogen) atoms. The summed E-state index contributed by atoms with van der Waals surface area (Å²) in [6.07, 6.45) is 1.49. The first-order chi connectivity index (χ1) is 16.6. The quantitative estimate of drug-likeness (QED) is 0.409. The number of nitrogens with zero attached hydrogens (tertiary/aromatic N) is 2. The van der Waals surface area contributed by atoms with E-state index in [0.29, 0.717) is 27.5 Å². The van der Waals surface area contributed by atoms with Crippen molar-refractivity contribution in [2.24, 2.45) is 0 Å². The normalized spacial score (nSPS) is 14.9. The molecule has 1 saturated heterocycles. The number of halogens is 1. The number of barbiturate groups is 1. The Bertz CT molecular complexity index is 1420. The second-order valence-corrected chi connectivity index (χ2v) is 8.64. The van der Waals surface area contributed by atoms with Crippen LogP contribution in [-0.2, 0) is 14.4 Å². The van der Waals surface area contributed by atoms with E-state index >= 15 is 0 Å². The van der Waals surface area contributed by atoms with Crippen LogP contribution in [0.2, 0.25) is 5.02 Å². The van der Waals surface area contributed by atoms with Gasteiger partial charge in [-0.25, -0.2) is 9.69 Å². The molecule has 1 aliphatic rings. The summed E-state index contributed by atoms with van der Waals surface area (Å²) >= 11 is 6.18. The Kier molecular flexibility index (Phi) is 6.32. The summed E-state index contributed by atoms with van der Waals surface area (Å²) < 4.78 is 1.97. The smallest absolute Gasteiger partial charge is 0.326 e. The monoisotopic (exact) mass is 490 g/mol. The van der Waals surface area contributed by atoms with Gasteiger partial charge >= 0.3 is 6.03 Å². The van der Waals surface area contributed by atoms with Crippen molar-refractivity contribution >= 4 is 52.8 Å². The third kappa shape index (κ3) is 4.48. The van der Waals surface area contributed by atoms with Gasteiger partial charge in [0.15, 0.2) is 0 Å². The Morgan fingerprint density at radius 2 is 1.71 bits per heavy atom. The lowest BCUT2D eigenvalue weighted by molar-refractivity contribution is -0.122. The molecular weight excluding hydrogens is 468 g/mol. The van der Waals surface area contributed by atoms with Crippen LogP contribution in [0.15, 0.2) is 54.1 Å². The molecule has 0 aliphatic carbocycles. The van der Waals surface area contributed by atoms with E-state index in [0.717, 1.165) is 22.0 Å². The van der Waals surface area contributed by atoms with Gasteiger partial charge in [0.1, 0.15) is 5.57 Å². The fourth-order valence-corrected chi connectivity index (χ4v) is 4.27. The van der Waals surface area contributed by atoms with Gasteiger partial charge in [0.25, 0.3) is 11.8 Å². The highest BCUT2D eigenvalue weighted by Gasteiger charge is 2.37. The number of amides is 5. The van der Waals surface area contributed by atoms with Crippen LogP contribution in [0.5, 0.6) is 0 Å². The topological polar surface area (TPSA) is 101 Å². The summed E-state index contributed by atoms with van der Waals surface area (Å²) in [7, 11) is 0. The van der Waals surface area contributed by atoms with E-state index in [-0.39, 0.29) is 11.5 Å². The summed E-state index contributed by atoms with van der Waals surface area (Å²) in [6, 6.07) is 13.2. The maximum Gasteiger partial charge on any atom is 0.335 e. The number of urea groups is 1. The predicted octanol–water partition coefficient (Wildman–Crippen LogP) is 4.68. The van der Waals surface area contributed by atoms with Crippen molar-refractivity contribution in [1.82, 2.24) is 9.88 Å². The average molecular weight is 491 g/mol. The Morgan fingerprint density at radius 1 is 1.03 bits per heavy atom. The third-order valence-electron chi connectivity index (χ3n) is 5.80. The molecule has 9 heteroatoms. The van der Waals surface area contributed by atoms with Gasteiger partial charge in [0, 0.05) is 34.7 Å². The molecule has 0 radical (unpaired) electrons. The van der Waals surface area contributed by atoms with E-state index in [1.165, 1.54) is 13.0 Å². The second-order valence-electron chi connectivity index (χ2n) is 8.23. The minimum absolute atomic E-state index is 0.157. The summed E-state index contributed by atoms with van der Waals surface area (Å²) in [6.45, 7) is 6.92. The maximum atomic E-state index is 13.3. The van der Waals surface area contributed by atoms with Crippen LogP contribution >= 0.6 is 11.6 Å². The lowest BCUT2D eigenvalue weighted by Gasteiger charge is -2.27. The molecular formula is C26H23ClN4O4. The summed E-state index contributed by atoms with van der Waals surface area (Å²) in [5.74, 6) is -1.65. The zero-order valence-corrected chi connectivity index (χ0v) is 20.4. The van der Waals surface area contributed by atoms with Crippen LogP contribution in [-0.4, -0.2) is 28.3 Å². The van der Waals surface area contributed by atoms with Gasteiger partial charge in [-0.05, 0) is 80.4 Å². The molecule has 178 valence electrons. The maximum absolute atomic E-state index is 13.3. The Hall–Kier alpha value is -4.17. The van der Waals surface area contributed by atoms with Crippen LogP contribution in [0.25, 0.3) is 11.8 Å². The second kappa shape index (κ2) is 9.23. The van der Waals surface area contributed by atoms with Gasteiger partial charge < -0.3 is 9.88 Å². The third-order valence-corrected chi connectivity index (χ3v) is 6.21. The van der Waals surface area contributed by atoms with E-state index in [1.54, 1.807) is 37.3 Å². The van der Waals surface area contributed by atoms with Crippen molar-refractivity contribution in [3.05, 3.63) is 81.6 Å². The predicted molar refractivity (Wildman–Crippen MR) is 135 cm³/mol. The Balaban J connectivity index is 1.73. The van der Waals surface area contributed by atoms with E-state index in [4.69, 9.17) is 11.6 Å². The van der Waals surface area contributed by atoms with Crippen LogP contribution in [0.1, 0.15) is 29.4 Å². The number of rotatable bonds is 4. The molecule has 0 saturated carbocycles. The lowest BCUT2D eigenvalue weighted by atomic mass is 10.1. The van der Waals surface area contributed by atoms with Gasteiger partial charge in [-0.3, -0.25) is 19.7 Å². The number of hydrogen-bond acceptors (Lipinski definition) is 4. The molecule has 2 N–H and O–H groups in total. The molecule has 3 aromatic rings. The van der Waals surface area contributed by atoms with Crippen LogP contribution in [0.4, 0.5) is 16.2 Å². The number of nitrogens with one attached hydrogen (secondary N) is 2. The van der Waals surface area contributed by atoms with Gasteiger partial charge in [-0.2, -0.15) is 0 Å². The molecule has 0 spiro atoms. The summed E-state index contributed by atoms with van der Waals surface area (Å²) in [4.78, 5) is 50.7. The fourth-order valence-electron chi connectivity index (χ4n) is 4.10. The zero-order chi connectivity index (χ0) is 25.4. The van der Waals surface area contributed by atoms with Crippen molar-refractivity contribution in [1.29, 1.82) is 0 Å². The van der Waals surface area contributed by atoms with E-state index in [1.807, 2.05) is 36.6 Å². The standard InChI is InChI=1S/C26H23ClN4O4/c1-14-12-18(16(3)30(14)20-10-8-19(9-11-20)28-17(4)32)13-21-24(33)29-26(35)31(25(21)34)23-7-5-6-22(27)15(23)2/h5-13H,1-4H3,(H,28,32)(H,29,33,35)/b21-13+. The highest BCUT2D eigenvalue weighted by Crippen LogP contribution is 2.30. The largest absolute Gasteiger partial charge is 0.335 e. The number of benzene rings is 2. The molecule has 8 nitrogen and oxygen atoms in total. The molecule has 0 unspecified atom stereocenters. The number of aryl methyl sites for hydroxylation is 1. The van der Waals surface area contributed by atoms with Crippen molar-refractivity contribution in [2.75, 3.05) is 10.2 Å². The van der Waals surface area contributed by atoms with Crippen LogP contribution in [0, 0.1) is 20.8 Å². The van der Waals surface area contributed by atoms with Crippen molar-refractivity contribution < 1.29 is 19.2 Å². The molecule has 1 aromatic heterocycles. The van der Waals surface area contributed by atoms with Gasteiger partial charge in [0.2, 0.25) is 5.91 Å². The molecule has 2 heterocycles. The van der Waals surface area contributed by atoms with E-state index in [9.17, 15) is 19.2 Å². The average Bonchev–Trinajstić information content (AvgIpc) is 3.07. The molecule has 5 amide bonds. The first-order valence-electron chi connectivity index (χ1n) is 10.8. The lowest BCUT2D eigenvalue weighted by Crippen LogP contribution is -2.54. The van der Waals surface area contributed by atoms with Crippen molar-refractivity contribution in [3.8, 4) is 5.69 Å². The van der Waals surface area contributed by atoms with E-state index < -0.39 is 17.8 Å². The summed E-state index contributed by atoms with van der Waals surface area (Å²) in [5.41, 5.74) is 4.56. The summed E-state index contributed by atoms with van der Waals surface area (Å²) in [5, 5.41) is 5.38. The fraction of sp³-hybridized carbons (Fsp3) is 0.154. The van der Waals surface area contributed by atoms with Crippen molar-refractivity contribution in [3.63, 3.8) is 0 Å². The number of anilines is 2. The Morgan fingerprint density at radius 3 is 2.37 bits per heavy atom. The molecule has 2 aromatic carbocycles. The van der Waals surface area contributed by atoms with Gasteiger partial charge in [0.05, 0.1) is 5.69 Å². The molecule has 4 rings (SSSR count). The van der Waals surface area contributed by atoms with Gasteiger partial charge in [-0.15, -0.1) is 0 Å². The minimum Gasteiger partial charge on any atom is -0.326 e. The van der Waals surface area contributed by atoms with E-state index in [2.05, 4.69) is 10.6 Å². The molecule has 1 fully saturated rings. The highest BCUT2D eigenvalue weighted by molar-refractivity contribution is 6.40. The number of hydrogen-bond donors (Lipinski definition) is 2. The van der Waals surface area contributed by atoms with Crippen molar-refractivity contribution in [2.45, 2.75) is 27.7 Å². The Labute approximate surface area is 207 Å². The number of imide groups is 2. The SMILES string of the molecule is CC(=O)Nc1ccc(-n2c(C)cc(/C=C3\C(=O)NC(=O)N(c4cccc(Cl)c4C)C3=O)c2C)cc1. The zero-order valence-electron chi connectivity index (χ0n) is 19.6. The molecule has 1 aliphatic heterocycles. The van der Waals surface area contributed by atoms with Crippen LogP contribution < -0.4 is 15.5 Å². The number of carbonyl (C=O) groups is 4. The number of aromatic nitrogens is 1. The first-order valence-corrected chi connectivity index (χ1v) is 11.2. The van der Waals surface area contributed by atoms with Gasteiger partial charge in [-0.1, -0.05) is 17.7 Å². The first kappa shape index (κ1) is 24.0. The minimum atomic E-state index is -0.827. The molecule has 0 atom stereocenters. The molecule has 0 bridgehead atoms. The number of carbonyl (C=O) groups excluding carboxylic acids is 4. The van der Waals surface area contributed by atoms with Crippen LogP contribution in [0.3, 0.4) is 0 Å². The highest BCUT2D eigenvalue weighted by atomic mass is 35.5.